The minimum atomic E-state index is 0.705. The Morgan fingerprint density at radius 2 is 1.53 bits per heavy atom. The molecule has 1 saturated heterocycles. The Bertz CT molecular complexity index is 341. The average Bonchev–Trinajstić information content (AvgIpc) is 2.42. The van der Waals surface area contributed by atoms with Crippen molar-refractivity contribution in [2.75, 3.05) is 13.1 Å². The van der Waals surface area contributed by atoms with Gasteiger partial charge in [0, 0.05) is 0 Å². The Labute approximate surface area is 105 Å². The van der Waals surface area contributed by atoms with Crippen LogP contribution in [0.2, 0.25) is 0 Å². The predicted octanol–water partition coefficient (Wildman–Crippen LogP) is 3.71. The lowest BCUT2D eigenvalue weighted by Crippen LogP contribution is -2.38. The molecule has 92 valence electrons. The van der Waals surface area contributed by atoms with Crippen LogP contribution in [-0.2, 0) is 0 Å². The maximum Gasteiger partial charge on any atom is -0.00436 e. The summed E-state index contributed by atoms with van der Waals surface area (Å²) in [7, 11) is 0. The SMILES string of the molecule is c1ccc(C2CCC3(CCNCC3)CC2)cc1. The van der Waals surface area contributed by atoms with E-state index in [1.54, 1.807) is 5.56 Å². The van der Waals surface area contributed by atoms with Crippen LogP contribution in [0.4, 0.5) is 0 Å². The van der Waals surface area contributed by atoms with E-state index < -0.39 is 0 Å². The van der Waals surface area contributed by atoms with Crippen molar-refractivity contribution in [3.05, 3.63) is 35.9 Å². The molecule has 1 saturated carbocycles. The molecule has 1 aromatic rings. The summed E-state index contributed by atoms with van der Waals surface area (Å²) in [6.45, 7) is 2.49. The van der Waals surface area contributed by atoms with Crippen LogP contribution in [0.1, 0.15) is 50.0 Å². The van der Waals surface area contributed by atoms with Gasteiger partial charge in [0.2, 0.25) is 0 Å². The van der Waals surface area contributed by atoms with Crippen LogP contribution < -0.4 is 5.32 Å². The molecular formula is C16H23N. The number of hydrogen-bond acceptors (Lipinski definition) is 1. The molecule has 1 heterocycles. The monoisotopic (exact) mass is 229 g/mol. The fourth-order valence-corrected chi connectivity index (χ4v) is 3.75. The molecule has 17 heavy (non-hydrogen) atoms. The molecule has 3 rings (SSSR count). The van der Waals surface area contributed by atoms with Gasteiger partial charge in [0.05, 0.1) is 0 Å². The van der Waals surface area contributed by atoms with Crippen molar-refractivity contribution in [2.24, 2.45) is 5.41 Å². The average molecular weight is 229 g/mol. The predicted molar refractivity (Wildman–Crippen MR) is 72.2 cm³/mol. The Hall–Kier alpha value is -0.820. The van der Waals surface area contributed by atoms with Crippen LogP contribution in [0.25, 0.3) is 0 Å². The molecule has 0 unspecified atom stereocenters. The van der Waals surface area contributed by atoms with Gasteiger partial charge in [0.25, 0.3) is 0 Å². The maximum absolute atomic E-state index is 3.50. The zero-order valence-corrected chi connectivity index (χ0v) is 10.6. The Morgan fingerprint density at radius 3 is 2.18 bits per heavy atom. The third kappa shape index (κ3) is 2.40. The molecule has 1 heteroatoms. The second-order valence-corrected chi connectivity index (χ2v) is 5.93. The number of benzene rings is 1. The van der Waals surface area contributed by atoms with E-state index in [0.717, 1.165) is 5.92 Å². The Morgan fingerprint density at radius 1 is 0.882 bits per heavy atom. The van der Waals surface area contributed by atoms with Gasteiger partial charge in [-0.25, -0.2) is 0 Å². The van der Waals surface area contributed by atoms with E-state index in [9.17, 15) is 0 Å². The van der Waals surface area contributed by atoms with Crippen molar-refractivity contribution in [1.82, 2.24) is 5.32 Å². The second-order valence-electron chi connectivity index (χ2n) is 5.93. The van der Waals surface area contributed by atoms with Crippen molar-refractivity contribution in [1.29, 1.82) is 0 Å². The largest absolute Gasteiger partial charge is 0.317 e. The van der Waals surface area contributed by atoms with E-state index in [2.05, 4.69) is 35.6 Å². The van der Waals surface area contributed by atoms with E-state index in [-0.39, 0.29) is 0 Å². The highest BCUT2D eigenvalue weighted by atomic mass is 14.9. The van der Waals surface area contributed by atoms with Crippen molar-refractivity contribution in [2.45, 2.75) is 44.4 Å². The first-order chi connectivity index (χ1) is 8.38. The van der Waals surface area contributed by atoms with E-state index in [4.69, 9.17) is 0 Å². The smallest absolute Gasteiger partial charge is 0.00436 e. The van der Waals surface area contributed by atoms with Gasteiger partial charge in [0.15, 0.2) is 0 Å². The maximum atomic E-state index is 3.50. The lowest BCUT2D eigenvalue weighted by atomic mass is 9.65. The highest BCUT2D eigenvalue weighted by molar-refractivity contribution is 5.20. The highest BCUT2D eigenvalue weighted by Gasteiger charge is 2.36. The van der Waals surface area contributed by atoms with Crippen LogP contribution >= 0.6 is 0 Å². The molecule has 1 aliphatic carbocycles. The zero-order chi connectivity index (χ0) is 11.6. The molecule has 2 fully saturated rings. The van der Waals surface area contributed by atoms with Gasteiger partial charge in [-0.15, -0.1) is 0 Å². The first kappa shape index (κ1) is 11.3. The second kappa shape index (κ2) is 4.81. The fraction of sp³-hybridized carbons (Fsp3) is 0.625. The molecule has 1 spiro atoms. The lowest BCUT2D eigenvalue weighted by Gasteiger charge is -2.43. The van der Waals surface area contributed by atoms with Gasteiger partial charge in [-0.3, -0.25) is 0 Å². The van der Waals surface area contributed by atoms with Crippen LogP contribution in [0.15, 0.2) is 30.3 Å². The number of rotatable bonds is 1. The number of piperidine rings is 1. The molecule has 0 bridgehead atoms. The lowest BCUT2D eigenvalue weighted by molar-refractivity contribution is 0.123. The highest BCUT2D eigenvalue weighted by Crippen LogP contribution is 2.47. The molecule has 1 N–H and O–H groups in total. The van der Waals surface area contributed by atoms with Gasteiger partial charge in [-0.05, 0) is 68.5 Å². The van der Waals surface area contributed by atoms with E-state index in [1.165, 1.54) is 51.6 Å². The zero-order valence-electron chi connectivity index (χ0n) is 10.6. The summed E-state index contributed by atoms with van der Waals surface area (Å²) in [5.41, 5.74) is 2.27. The summed E-state index contributed by atoms with van der Waals surface area (Å²) in [4.78, 5) is 0. The molecule has 0 amide bonds. The van der Waals surface area contributed by atoms with Crippen molar-refractivity contribution >= 4 is 0 Å². The van der Waals surface area contributed by atoms with Crippen molar-refractivity contribution in [3.63, 3.8) is 0 Å². The fourth-order valence-electron chi connectivity index (χ4n) is 3.75. The third-order valence-electron chi connectivity index (χ3n) is 4.98. The molecule has 1 aliphatic heterocycles. The molecule has 0 radical (unpaired) electrons. The molecule has 2 aliphatic rings. The van der Waals surface area contributed by atoms with Gasteiger partial charge in [0.1, 0.15) is 0 Å². The van der Waals surface area contributed by atoms with Crippen molar-refractivity contribution in [3.8, 4) is 0 Å². The van der Waals surface area contributed by atoms with Gasteiger partial charge in [-0.1, -0.05) is 30.3 Å². The molecule has 1 aromatic carbocycles. The first-order valence-corrected chi connectivity index (χ1v) is 7.14. The van der Waals surface area contributed by atoms with Crippen LogP contribution in [0, 0.1) is 5.41 Å². The normalized spacial score (nSPS) is 24.9. The Balaban J connectivity index is 1.64. The summed E-state index contributed by atoms with van der Waals surface area (Å²) in [5.74, 6) is 0.830. The first-order valence-electron chi connectivity index (χ1n) is 7.14. The third-order valence-corrected chi connectivity index (χ3v) is 4.98. The van der Waals surface area contributed by atoms with E-state index in [0.29, 0.717) is 5.41 Å². The van der Waals surface area contributed by atoms with Gasteiger partial charge < -0.3 is 5.32 Å². The van der Waals surface area contributed by atoms with Gasteiger partial charge >= 0.3 is 0 Å². The number of hydrogen-bond donors (Lipinski definition) is 1. The van der Waals surface area contributed by atoms with E-state index in [1.807, 2.05) is 0 Å². The standard InChI is InChI=1S/C16H23N/c1-2-4-14(5-3-1)15-6-8-16(9-7-15)10-12-17-13-11-16/h1-5,15,17H,6-13H2. The quantitative estimate of drug-likeness (QED) is 0.774. The summed E-state index contributed by atoms with van der Waals surface area (Å²) in [5, 5.41) is 3.50. The van der Waals surface area contributed by atoms with Crippen LogP contribution in [0.3, 0.4) is 0 Å². The molecule has 1 nitrogen and oxygen atoms in total. The minimum absolute atomic E-state index is 0.705. The van der Waals surface area contributed by atoms with Crippen LogP contribution in [-0.4, -0.2) is 13.1 Å². The molecular weight excluding hydrogens is 206 g/mol. The van der Waals surface area contributed by atoms with Gasteiger partial charge in [-0.2, -0.15) is 0 Å². The summed E-state index contributed by atoms with van der Waals surface area (Å²) < 4.78 is 0. The molecule has 0 atom stereocenters. The number of nitrogens with one attached hydrogen (secondary N) is 1. The molecule has 0 aromatic heterocycles. The topological polar surface area (TPSA) is 12.0 Å². The Kier molecular flexibility index (Phi) is 3.19. The minimum Gasteiger partial charge on any atom is -0.317 e. The summed E-state index contributed by atoms with van der Waals surface area (Å²) in [6.07, 6.45) is 8.54. The summed E-state index contributed by atoms with van der Waals surface area (Å²) in [6, 6.07) is 11.1. The van der Waals surface area contributed by atoms with Crippen LogP contribution in [0.5, 0.6) is 0 Å². The van der Waals surface area contributed by atoms with Crippen molar-refractivity contribution < 1.29 is 0 Å². The summed E-state index contributed by atoms with van der Waals surface area (Å²) >= 11 is 0. The van der Waals surface area contributed by atoms with E-state index >= 15 is 0 Å².